The number of hydrogen-bond donors (Lipinski definition) is 1. The average molecular weight is 311 g/mol. The van der Waals surface area contributed by atoms with Crippen molar-refractivity contribution in [2.45, 2.75) is 17.7 Å². The predicted octanol–water partition coefficient (Wildman–Crippen LogP) is 2.24. The summed E-state index contributed by atoms with van der Waals surface area (Å²) in [5.74, 6) is 0. The Bertz CT molecular complexity index is 650. The van der Waals surface area contributed by atoms with Crippen LogP contribution in [-0.2, 0) is 16.6 Å². The van der Waals surface area contributed by atoms with Crippen molar-refractivity contribution in [1.82, 2.24) is 4.31 Å². The summed E-state index contributed by atoms with van der Waals surface area (Å²) in [6.45, 7) is 2.03. The first-order chi connectivity index (χ1) is 9.54. The molecular weight excluding hydrogens is 294 g/mol. The zero-order valence-corrected chi connectivity index (χ0v) is 12.8. The monoisotopic (exact) mass is 311 g/mol. The maximum absolute atomic E-state index is 12.6. The highest BCUT2D eigenvalue weighted by atomic mass is 32.2. The van der Waals surface area contributed by atoms with Crippen molar-refractivity contribution in [2.75, 3.05) is 13.2 Å². The van der Waals surface area contributed by atoms with Crippen molar-refractivity contribution < 1.29 is 13.5 Å². The lowest BCUT2D eigenvalue weighted by Crippen LogP contribution is -2.32. The Balaban J connectivity index is 2.28. The van der Waals surface area contributed by atoms with Crippen LogP contribution in [0.15, 0.2) is 46.7 Å². The van der Waals surface area contributed by atoms with Gasteiger partial charge in [-0.2, -0.15) is 4.31 Å². The number of rotatable bonds is 6. The van der Waals surface area contributed by atoms with Crippen molar-refractivity contribution in [3.63, 3.8) is 0 Å². The van der Waals surface area contributed by atoms with Crippen LogP contribution in [0.25, 0.3) is 0 Å². The summed E-state index contributed by atoms with van der Waals surface area (Å²) >= 11 is 1.25. The molecule has 0 aliphatic rings. The molecule has 0 bridgehead atoms. The van der Waals surface area contributed by atoms with Gasteiger partial charge in [0.1, 0.15) is 4.21 Å². The van der Waals surface area contributed by atoms with Crippen LogP contribution in [-0.4, -0.2) is 31.0 Å². The number of thiophene rings is 1. The minimum atomic E-state index is -3.55. The van der Waals surface area contributed by atoms with E-state index in [0.717, 1.165) is 10.4 Å². The molecule has 1 N–H and O–H groups in total. The van der Waals surface area contributed by atoms with Crippen LogP contribution < -0.4 is 0 Å². The molecular formula is C14H17NO3S2. The molecule has 0 aliphatic carbocycles. The fourth-order valence-electron chi connectivity index (χ4n) is 1.86. The van der Waals surface area contributed by atoms with Crippen LogP contribution in [0.1, 0.15) is 10.4 Å². The van der Waals surface area contributed by atoms with Crippen molar-refractivity contribution in [2.24, 2.45) is 0 Å². The third-order valence-corrected chi connectivity index (χ3v) is 6.17. The molecule has 0 atom stereocenters. The van der Waals surface area contributed by atoms with Gasteiger partial charge in [0.25, 0.3) is 10.0 Å². The minimum Gasteiger partial charge on any atom is -0.395 e. The molecule has 2 aromatic rings. The summed E-state index contributed by atoms with van der Waals surface area (Å²) in [6, 6.07) is 12.8. The first-order valence-corrected chi connectivity index (χ1v) is 8.51. The average Bonchev–Trinajstić information content (AvgIpc) is 2.87. The van der Waals surface area contributed by atoms with Crippen LogP contribution in [0.3, 0.4) is 0 Å². The van der Waals surface area contributed by atoms with Crippen LogP contribution in [0, 0.1) is 6.92 Å². The van der Waals surface area contributed by atoms with E-state index < -0.39 is 10.0 Å². The summed E-state index contributed by atoms with van der Waals surface area (Å²) in [5, 5.41) is 9.13. The standard InChI is InChI=1S/C14H17NO3S2/c1-12-7-8-14(19-12)20(17,18)15(9-10-16)11-13-5-3-2-4-6-13/h2-8,16H,9-11H2,1H3. The largest absolute Gasteiger partial charge is 0.395 e. The molecule has 0 unspecified atom stereocenters. The van der Waals surface area contributed by atoms with Gasteiger partial charge in [0, 0.05) is 18.0 Å². The Hall–Kier alpha value is -1.21. The van der Waals surface area contributed by atoms with Crippen LogP contribution in [0.5, 0.6) is 0 Å². The molecule has 1 heterocycles. The number of aliphatic hydroxyl groups is 1. The number of benzene rings is 1. The summed E-state index contributed by atoms with van der Waals surface area (Å²) in [7, 11) is -3.55. The molecule has 0 fully saturated rings. The van der Waals surface area contributed by atoms with E-state index in [9.17, 15) is 8.42 Å². The lowest BCUT2D eigenvalue weighted by Gasteiger charge is -2.20. The number of nitrogens with zero attached hydrogens (tertiary/aromatic N) is 1. The van der Waals surface area contributed by atoms with E-state index in [4.69, 9.17) is 5.11 Å². The van der Waals surface area contributed by atoms with Gasteiger partial charge in [-0.3, -0.25) is 0 Å². The second kappa shape index (κ2) is 6.49. The quantitative estimate of drug-likeness (QED) is 0.890. The molecule has 108 valence electrons. The normalized spacial score (nSPS) is 11.9. The fraction of sp³-hybridized carbons (Fsp3) is 0.286. The Morgan fingerprint density at radius 1 is 1.15 bits per heavy atom. The van der Waals surface area contributed by atoms with Crippen molar-refractivity contribution >= 4 is 21.4 Å². The van der Waals surface area contributed by atoms with Gasteiger partial charge in [0.05, 0.1) is 6.61 Å². The maximum Gasteiger partial charge on any atom is 0.252 e. The molecule has 2 rings (SSSR count). The molecule has 0 spiro atoms. The third-order valence-electron chi connectivity index (χ3n) is 2.86. The Kier molecular flexibility index (Phi) is 4.93. The highest BCUT2D eigenvalue weighted by molar-refractivity contribution is 7.91. The second-order valence-electron chi connectivity index (χ2n) is 4.41. The molecule has 0 amide bonds. The molecule has 4 nitrogen and oxygen atoms in total. The van der Waals surface area contributed by atoms with Gasteiger partial charge in [-0.15, -0.1) is 11.3 Å². The van der Waals surface area contributed by atoms with Gasteiger partial charge in [0.15, 0.2) is 0 Å². The minimum absolute atomic E-state index is 0.0914. The Morgan fingerprint density at radius 3 is 2.40 bits per heavy atom. The van der Waals surface area contributed by atoms with Gasteiger partial charge < -0.3 is 5.11 Å². The second-order valence-corrected chi connectivity index (χ2v) is 7.87. The third kappa shape index (κ3) is 3.46. The number of hydrogen-bond acceptors (Lipinski definition) is 4. The highest BCUT2D eigenvalue weighted by Gasteiger charge is 2.25. The predicted molar refractivity (Wildman–Crippen MR) is 80.2 cm³/mol. The molecule has 0 saturated heterocycles. The first-order valence-electron chi connectivity index (χ1n) is 6.25. The molecule has 6 heteroatoms. The topological polar surface area (TPSA) is 57.6 Å². The summed E-state index contributed by atoms with van der Waals surface area (Å²) in [5.41, 5.74) is 0.901. The highest BCUT2D eigenvalue weighted by Crippen LogP contribution is 2.25. The van der Waals surface area contributed by atoms with E-state index in [1.54, 1.807) is 12.1 Å². The summed E-state index contributed by atoms with van der Waals surface area (Å²) < 4.78 is 26.8. The van der Waals surface area contributed by atoms with E-state index in [1.807, 2.05) is 37.3 Å². The van der Waals surface area contributed by atoms with Crippen molar-refractivity contribution in [3.8, 4) is 0 Å². The van der Waals surface area contributed by atoms with Crippen LogP contribution in [0.2, 0.25) is 0 Å². The number of sulfonamides is 1. The van der Waals surface area contributed by atoms with Gasteiger partial charge in [-0.25, -0.2) is 8.42 Å². The SMILES string of the molecule is Cc1ccc(S(=O)(=O)N(CCO)Cc2ccccc2)s1. The zero-order valence-electron chi connectivity index (χ0n) is 11.2. The Labute approximate surface area is 123 Å². The van der Waals surface area contributed by atoms with Crippen molar-refractivity contribution in [3.05, 3.63) is 52.9 Å². The van der Waals surface area contributed by atoms with E-state index in [1.165, 1.54) is 15.6 Å². The number of aliphatic hydroxyl groups excluding tert-OH is 1. The van der Waals surface area contributed by atoms with E-state index >= 15 is 0 Å². The molecule has 0 radical (unpaired) electrons. The van der Waals surface area contributed by atoms with Gasteiger partial charge in [-0.1, -0.05) is 30.3 Å². The Morgan fingerprint density at radius 2 is 1.85 bits per heavy atom. The summed E-state index contributed by atoms with van der Waals surface area (Å²) in [4.78, 5) is 0.951. The maximum atomic E-state index is 12.6. The van der Waals surface area contributed by atoms with Crippen LogP contribution >= 0.6 is 11.3 Å². The molecule has 1 aromatic heterocycles. The molecule has 1 aromatic carbocycles. The van der Waals surface area contributed by atoms with E-state index in [2.05, 4.69) is 0 Å². The fourth-order valence-corrected chi connectivity index (χ4v) is 4.72. The van der Waals surface area contributed by atoms with Gasteiger partial charge in [-0.05, 0) is 24.6 Å². The lowest BCUT2D eigenvalue weighted by atomic mass is 10.2. The summed E-state index contributed by atoms with van der Waals surface area (Å²) in [6.07, 6.45) is 0. The van der Waals surface area contributed by atoms with Gasteiger partial charge in [0.2, 0.25) is 0 Å². The molecule has 0 saturated carbocycles. The smallest absolute Gasteiger partial charge is 0.252 e. The number of aryl methyl sites for hydroxylation is 1. The van der Waals surface area contributed by atoms with E-state index in [0.29, 0.717) is 4.21 Å². The molecule has 20 heavy (non-hydrogen) atoms. The zero-order chi connectivity index (χ0) is 14.6. The van der Waals surface area contributed by atoms with E-state index in [-0.39, 0.29) is 19.7 Å². The molecule has 0 aliphatic heterocycles. The van der Waals surface area contributed by atoms with Crippen LogP contribution in [0.4, 0.5) is 0 Å². The van der Waals surface area contributed by atoms with Gasteiger partial charge >= 0.3 is 0 Å². The van der Waals surface area contributed by atoms with Crippen molar-refractivity contribution in [1.29, 1.82) is 0 Å². The lowest BCUT2D eigenvalue weighted by molar-refractivity contribution is 0.251. The first kappa shape index (κ1) is 15.2.